The lowest BCUT2D eigenvalue weighted by molar-refractivity contribution is 0.660. The van der Waals surface area contributed by atoms with Crippen molar-refractivity contribution < 1.29 is 0 Å². The van der Waals surface area contributed by atoms with E-state index in [9.17, 15) is 0 Å². The van der Waals surface area contributed by atoms with Crippen LogP contribution in [0.25, 0.3) is 77.4 Å². The van der Waals surface area contributed by atoms with E-state index in [2.05, 4.69) is 239 Å². The van der Waals surface area contributed by atoms with Crippen LogP contribution in [0.5, 0.6) is 0 Å². The molecule has 12 rings (SSSR count). The van der Waals surface area contributed by atoms with Crippen molar-refractivity contribution in [2.75, 3.05) is 4.90 Å². The molecule has 2 aliphatic carbocycles. The molecule has 0 radical (unpaired) electrons. The molecule has 2 aliphatic rings. The van der Waals surface area contributed by atoms with Crippen molar-refractivity contribution in [1.82, 2.24) is 4.98 Å². The molecule has 0 fully saturated rings. The average Bonchev–Trinajstić information content (AvgIpc) is 3.70. The number of hydrogen-bond acceptors (Lipinski definition) is 2. The lowest BCUT2D eigenvalue weighted by atomic mass is 9.82. The van der Waals surface area contributed by atoms with Crippen LogP contribution >= 0.6 is 0 Å². The average molecular weight is 807 g/mol. The van der Waals surface area contributed by atoms with Gasteiger partial charge >= 0.3 is 0 Å². The van der Waals surface area contributed by atoms with Crippen LogP contribution in [0.3, 0.4) is 0 Å². The van der Waals surface area contributed by atoms with Gasteiger partial charge in [-0.05, 0) is 127 Å². The van der Waals surface area contributed by atoms with Crippen molar-refractivity contribution in [1.29, 1.82) is 0 Å². The third-order valence-electron chi connectivity index (χ3n) is 14.1. The van der Waals surface area contributed by atoms with Crippen LogP contribution in [0.15, 0.2) is 206 Å². The van der Waals surface area contributed by atoms with E-state index in [-0.39, 0.29) is 10.8 Å². The lowest BCUT2D eigenvalue weighted by Crippen LogP contribution is -2.18. The zero-order chi connectivity index (χ0) is 42.5. The maximum Gasteiger partial charge on any atom is 0.0794 e. The molecule has 0 bridgehead atoms. The van der Waals surface area contributed by atoms with Gasteiger partial charge in [0.15, 0.2) is 0 Å². The second-order valence-electron chi connectivity index (χ2n) is 18.4. The zero-order valence-corrected chi connectivity index (χ0v) is 36.0. The first kappa shape index (κ1) is 37.2. The highest BCUT2D eigenvalue weighted by molar-refractivity contribution is 5.98. The van der Waals surface area contributed by atoms with Crippen LogP contribution in [0, 0.1) is 0 Å². The Labute approximate surface area is 369 Å². The Bertz CT molecular complexity index is 3350. The largest absolute Gasteiger partial charge is 0.310 e. The minimum atomic E-state index is -0.123. The van der Waals surface area contributed by atoms with E-state index in [1.165, 1.54) is 66.4 Å². The van der Waals surface area contributed by atoms with Crippen LogP contribution in [0.1, 0.15) is 49.9 Å². The van der Waals surface area contributed by atoms with E-state index in [1.807, 2.05) is 0 Å². The molecule has 300 valence electrons. The highest BCUT2D eigenvalue weighted by atomic mass is 15.1. The summed E-state index contributed by atoms with van der Waals surface area (Å²) in [5, 5.41) is 3.58. The number of anilines is 3. The summed E-state index contributed by atoms with van der Waals surface area (Å²) in [5.41, 5.74) is 21.6. The summed E-state index contributed by atoms with van der Waals surface area (Å²) < 4.78 is 0. The molecule has 0 atom stereocenters. The second-order valence-corrected chi connectivity index (χ2v) is 18.4. The number of fused-ring (bicyclic) bond motifs is 8. The fourth-order valence-corrected chi connectivity index (χ4v) is 10.7. The molecule has 1 aromatic heterocycles. The Morgan fingerprint density at radius 1 is 0.317 bits per heavy atom. The predicted octanol–water partition coefficient (Wildman–Crippen LogP) is 16.5. The van der Waals surface area contributed by atoms with Crippen LogP contribution in [0.4, 0.5) is 17.1 Å². The quantitative estimate of drug-likeness (QED) is 0.166. The van der Waals surface area contributed by atoms with E-state index in [1.54, 1.807) is 0 Å². The first-order valence-electron chi connectivity index (χ1n) is 22.1. The highest BCUT2D eigenvalue weighted by Gasteiger charge is 2.37. The molecule has 0 N–H and O–H groups in total. The molecular formula is C61H46N2. The van der Waals surface area contributed by atoms with Gasteiger partial charge in [0, 0.05) is 44.4 Å². The van der Waals surface area contributed by atoms with E-state index >= 15 is 0 Å². The maximum atomic E-state index is 5.44. The Kier molecular flexibility index (Phi) is 8.27. The van der Waals surface area contributed by atoms with Gasteiger partial charge in [-0.25, -0.2) is 4.98 Å². The summed E-state index contributed by atoms with van der Waals surface area (Å²) in [6.45, 7) is 9.46. The Hall–Kier alpha value is -7.55. The van der Waals surface area contributed by atoms with Gasteiger partial charge in [-0.15, -0.1) is 0 Å². The number of para-hydroxylation sites is 1. The zero-order valence-electron chi connectivity index (χ0n) is 36.0. The summed E-state index contributed by atoms with van der Waals surface area (Å²) in [6, 6.07) is 76.0. The summed E-state index contributed by atoms with van der Waals surface area (Å²) in [7, 11) is 0. The number of rotatable bonds is 6. The minimum absolute atomic E-state index is 0.123. The van der Waals surface area contributed by atoms with Gasteiger partial charge in [0.1, 0.15) is 0 Å². The molecular weight excluding hydrogens is 761 g/mol. The Morgan fingerprint density at radius 2 is 0.794 bits per heavy atom. The van der Waals surface area contributed by atoms with Gasteiger partial charge < -0.3 is 4.90 Å². The topological polar surface area (TPSA) is 16.1 Å². The van der Waals surface area contributed by atoms with Crippen LogP contribution in [-0.4, -0.2) is 4.98 Å². The van der Waals surface area contributed by atoms with Gasteiger partial charge in [-0.2, -0.15) is 0 Å². The Morgan fingerprint density at radius 3 is 1.43 bits per heavy atom. The summed E-state index contributed by atoms with van der Waals surface area (Å²) >= 11 is 0. The second kappa shape index (κ2) is 14.0. The predicted molar refractivity (Wildman–Crippen MR) is 265 cm³/mol. The molecule has 63 heavy (non-hydrogen) atoms. The van der Waals surface area contributed by atoms with Crippen molar-refractivity contribution >= 4 is 38.7 Å². The van der Waals surface area contributed by atoms with Gasteiger partial charge in [0.25, 0.3) is 0 Å². The molecule has 0 saturated heterocycles. The van der Waals surface area contributed by atoms with Gasteiger partial charge in [-0.1, -0.05) is 179 Å². The number of benzene rings is 9. The van der Waals surface area contributed by atoms with E-state index in [0.717, 1.165) is 50.3 Å². The standard InChI is InChI=1S/C61H46N2/c1-60(2)54-22-12-10-19-48(54)50-33-31-45(37-56(50)60)63(46-32-34-51-49-20-11-13-23-55(49)61(3,4)57(51)38-46)44-29-27-40(28-30-44)53-36-43-17-7-14-24-58(43)62-59(53)52-21-9-8-18-47(52)42-26-25-39-15-5-6-16-41(39)35-42/h5-38H,1-4H3. The molecule has 0 amide bonds. The van der Waals surface area contributed by atoms with Crippen molar-refractivity contribution in [3.8, 4) is 55.8 Å². The van der Waals surface area contributed by atoms with Gasteiger partial charge in [0.05, 0.1) is 11.2 Å². The lowest BCUT2D eigenvalue weighted by Gasteiger charge is -2.30. The molecule has 0 unspecified atom stereocenters. The molecule has 2 heteroatoms. The van der Waals surface area contributed by atoms with Crippen LogP contribution in [-0.2, 0) is 10.8 Å². The molecule has 0 spiro atoms. The first-order valence-corrected chi connectivity index (χ1v) is 22.1. The van der Waals surface area contributed by atoms with Gasteiger partial charge in [-0.3, -0.25) is 0 Å². The molecule has 10 aromatic rings. The van der Waals surface area contributed by atoms with Crippen LogP contribution < -0.4 is 4.90 Å². The van der Waals surface area contributed by atoms with E-state index in [0.29, 0.717) is 0 Å². The summed E-state index contributed by atoms with van der Waals surface area (Å²) in [4.78, 5) is 7.90. The number of aromatic nitrogens is 1. The molecule has 0 saturated carbocycles. The van der Waals surface area contributed by atoms with Crippen molar-refractivity contribution in [3.05, 3.63) is 229 Å². The highest BCUT2D eigenvalue weighted by Crippen LogP contribution is 2.53. The van der Waals surface area contributed by atoms with E-state index < -0.39 is 0 Å². The molecule has 1 heterocycles. The van der Waals surface area contributed by atoms with Crippen molar-refractivity contribution in [2.24, 2.45) is 0 Å². The number of nitrogens with zero attached hydrogens (tertiary/aromatic N) is 2. The smallest absolute Gasteiger partial charge is 0.0794 e. The Balaban J connectivity index is 1.01. The van der Waals surface area contributed by atoms with Gasteiger partial charge in [0.2, 0.25) is 0 Å². The van der Waals surface area contributed by atoms with Crippen molar-refractivity contribution in [3.63, 3.8) is 0 Å². The molecule has 0 aliphatic heterocycles. The van der Waals surface area contributed by atoms with Crippen LogP contribution in [0.2, 0.25) is 0 Å². The van der Waals surface area contributed by atoms with Crippen molar-refractivity contribution in [2.45, 2.75) is 38.5 Å². The maximum absolute atomic E-state index is 5.44. The minimum Gasteiger partial charge on any atom is -0.310 e. The third kappa shape index (κ3) is 5.82. The monoisotopic (exact) mass is 806 g/mol. The number of hydrogen-bond donors (Lipinski definition) is 0. The summed E-state index contributed by atoms with van der Waals surface area (Å²) in [5.74, 6) is 0. The third-order valence-corrected chi connectivity index (χ3v) is 14.1. The fraction of sp³-hybridized carbons (Fsp3) is 0.0984. The SMILES string of the molecule is CC1(C)c2ccccc2-c2ccc(N(c3ccc(-c4cc5ccccc5nc4-c4ccccc4-c4ccc5ccccc5c4)cc3)c3ccc4c(c3)C(C)(C)c3ccccc3-4)cc21. The normalized spacial score (nSPS) is 14.0. The van der Waals surface area contributed by atoms with E-state index in [4.69, 9.17) is 4.98 Å². The summed E-state index contributed by atoms with van der Waals surface area (Å²) in [6.07, 6.45) is 0. The fourth-order valence-electron chi connectivity index (χ4n) is 10.7. The molecule has 9 aromatic carbocycles. The number of pyridine rings is 1. The molecule has 2 nitrogen and oxygen atoms in total. The first-order chi connectivity index (χ1) is 30.7.